The van der Waals surface area contributed by atoms with Crippen molar-refractivity contribution in [3.05, 3.63) is 40.2 Å². The molecule has 8 heteroatoms. The Morgan fingerprint density at radius 3 is 2.73 bits per heavy atom. The Bertz CT molecular complexity index is 751. The largest absolute Gasteiger partial charge is 0.369 e. The van der Waals surface area contributed by atoms with Crippen molar-refractivity contribution in [1.29, 1.82) is 0 Å². The molecule has 0 aromatic carbocycles. The average Bonchev–Trinajstić information content (AvgIpc) is 2.83. The molecule has 120 valence electrons. The van der Waals surface area contributed by atoms with Gasteiger partial charge in [-0.1, -0.05) is 0 Å². The number of pyridine rings is 1. The van der Waals surface area contributed by atoms with Crippen LogP contribution < -0.4 is 0 Å². The van der Waals surface area contributed by atoms with Crippen molar-refractivity contribution in [2.24, 2.45) is 0 Å². The van der Waals surface area contributed by atoms with Gasteiger partial charge < -0.3 is 4.74 Å². The second kappa shape index (κ2) is 6.39. The number of sulfone groups is 1. The van der Waals surface area contributed by atoms with Crippen molar-refractivity contribution in [2.45, 2.75) is 43.8 Å². The van der Waals surface area contributed by atoms with E-state index in [1.165, 1.54) is 23.6 Å². The number of hydrogen-bond donors (Lipinski definition) is 0. The van der Waals surface area contributed by atoms with Gasteiger partial charge in [-0.25, -0.2) is 22.8 Å². The number of thiazole rings is 1. The van der Waals surface area contributed by atoms with E-state index in [1.54, 1.807) is 5.38 Å². The van der Waals surface area contributed by atoms with Crippen LogP contribution in [-0.2, 0) is 26.9 Å². The molecule has 2 aromatic rings. The van der Waals surface area contributed by atoms with E-state index in [2.05, 4.69) is 9.97 Å². The van der Waals surface area contributed by atoms with Crippen LogP contribution >= 0.6 is 11.3 Å². The smallest absolute Gasteiger partial charge is 0.204 e. The Kier molecular flexibility index (Phi) is 4.93. The van der Waals surface area contributed by atoms with Crippen molar-refractivity contribution >= 4 is 21.2 Å². The lowest BCUT2D eigenvalue weighted by Crippen LogP contribution is -2.18. The third kappa shape index (κ3) is 4.56. The second-order valence-corrected chi connectivity index (χ2v) is 8.53. The van der Waals surface area contributed by atoms with E-state index in [-0.39, 0.29) is 11.4 Å². The Hall–Kier alpha value is -1.38. The number of hydrogen-bond acceptors (Lipinski definition) is 6. The fourth-order valence-electron chi connectivity index (χ4n) is 1.62. The summed E-state index contributed by atoms with van der Waals surface area (Å²) in [5.41, 5.74) is 0.0669. The molecule has 2 rings (SSSR count). The summed E-state index contributed by atoms with van der Waals surface area (Å²) in [4.78, 5) is 7.83. The summed E-state index contributed by atoms with van der Waals surface area (Å²) in [5, 5.41) is 1.77. The first-order chi connectivity index (χ1) is 10.2. The molecule has 0 saturated heterocycles. The summed E-state index contributed by atoms with van der Waals surface area (Å²) in [5.74, 6) is -1.23. The third-order valence-corrected chi connectivity index (χ3v) is 5.02. The second-order valence-electron chi connectivity index (χ2n) is 5.68. The lowest BCUT2D eigenvalue weighted by Gasteiger charge is -2.18. The van der Waals surface area contributed by atoms with Crippen molar-refractivity contribution in [1.82, 2.24) is 9.97 Å². The maximum atomic E-state index is 13.6. The molecule has 22 heavy (non-hydrogen) atoms. The molecular weight excluding hydrogens is 327 g/mol. The monoisotopic (exact) mass is 344 g/mol. The quantitative estimate of drug-likeness (QED) is 0.834. The number of halogens is 1. The maximum absolute atomic E-state index is 13.6. The van der Waals surface area contributed by atoms with Crippen LogP contribution in [0.2, 0.25) is 0 Å². The van der Waals surface area contributed by atoms with Crippen LogP contribution in [0.4, 0.5) is 4.39 Å². The number of aromatic nitrogens is 2. The van der Waals surface area contributed by atoms with Gasteiger partial charge in [0.05, 0.1) is 23.7 Å². The zero-order chi connectivity index (χ0) is 16.4. The highest BCUT2D eigenvalue weighted by Crippen LogP contribution is 2.20. The lowest BCUT2D eigenvalue weighted by molar-refractivity contribution is -0.0150. The Morgan fingerprint density at radius 1 is 1.36 bits per heavy atom. The van der Waals surface area contributed by atoms with Gasteiger partial charge in [-0.2, -0.15) is 0 Å². The van der Waals surface area contributed by atoms with Crippen LogP contribution in [0.5, 0.6) is 0 Å². The zero-order valence-corrected chi connectivity index (χ0v) is 14.2. The molecule has 0 radical (unpaired) electrons. The van der Waals surface area contributed by atoms with Gasteiger partial charge in [0.25, 0.3) is 0 Å². The molecule has 2 heterocycles. The van der Waals surface area contributed by atoms with Gasteiger partial charge >= 0.3 is 0 Å². The van der Waals surface area contributed by atoms with Crippen molar-refractivity contribution < 1.29 is 17.5 Å². The first-order valence-electron chi connectivity index (χ1n) is 6.58. The van der Waals surface area contributed by atoms with Crippen molar-refractivity contribution in [3.8, 4) is 0 Å². The SMILES string of the molecule is CC(C)(C)OCc1nc(CS(=O)(=O)c2ncccc2F)cs1. The minimum Gasteiger partial charge on any atom is -0.369 e. The van der Waals surface area contributed by atoms with Gasteiger partial charge in [0.2, 0.25) is 9.84 Å². The number of ether oxygens (including phenoxy) is 1. The molecule has 0 atom stereocenters. The van der Waals surface area contributed by atoms with Gasteiger partial charge in [-0.3, -0.25) is 0 Å². The maximum Gasteiger partial charge on any atom is 0.204 e. The van der Waals surface area contributed by atoms with Crippen LogP contribution in [0.25, 0.3) is 0 Å². The standard InChI is InChI=1S/C14H17FN2O3S2/c1-14(2,3)20-7-12-17-10(8-21-12)9-22(18,19)13-11(15)5-4-6-16-13/h4-6,8H,7,9H2,1-3H3. The molecule has 0 aliphatic heterocycles. The van der Waals surface area contributed by atoms with Crippen LogP contribution in [0.15, 0.2) is 28.7 Å². The van der Waals surface area contributed by atoms with E-state index in [9.17, 15) is 12.8 Å². The van der Waals surface area contributed by atoms with Gasteiger partial charge in [0.1, 0.15) is 5.01 Å². The van der Waals surface area contributed by atoms with Gasteiger partial charge in [0.15, 0.2) is 10.8 Å². The molecule has 2 aromatic heterocycles. The summed E-state index contributed by atoms with van der Waals surface area (Å²) in [6.07, 6.45) is 1.25. The topological polar surface area (TPSA) is 69.2 Å². The summed E-state index contributed by atoms with van der Waals surface area (Å²) < 4.78 is 43.5. The molecular formula is C14H17FN2O3S2. The first-order valence-corrected chi connectivity index (χ1v) is 9.11. The molecule has 0 saturated carbocycles. The summed E-state index contributed by atoms with van der Waals surface area (Å²) in [7, 11) is -3.86. The normalized spacial score (nSPS) is 12.5. The van der Waals surface area contributed by atoms with E-state index in [1.807, 2.05) is 20.8 Å². The summed E-state index contributed by atoms with van der Waals surface area (Å²) >= 11 is 1.32. The molecule has 0 unspecified atom stereocenters. The molecule has 0 spiro atoms. The van der Waals surface area contributed by atoms with Gasteiger partial charge in [-0.05, 0) is 32.9 Å². The third-order valence-electron chi connectivity index (χ3n) is 2.59. The van der Waals surface area contributed by atoms with Crippen LogP contribution in [0, 0.1) is 5.82 Å². The molecule has 0 aliphatic carbocycles. The molecule has 0 N–H and O–H groups in total. The van der Waals surface area contributed by atoms with E-state index >= 15 is 0 Å². The molecule has 0 amide bonds. The fraction of sp³-hybridized carbons (Fsp3) is 0.429. The van der Waals surface area contributed by atoms with E-state index < -0.39 is 20.7 Å². The van der Waals surface area contributed by atoms with Crippen LogP contribution in [-0.4, -0.2) is 24.0 Å². The minimum absolute atomic E-state index is 0.297. The van der Waals surface area contributed by atoms with Crippen molar-refractivity contribution in [2.75, 3.05) is 0 Å². The highest BCUT2D eigenvalue weighted by Gasteiger charge is 2.22. The first kappa shape index (κ1) is 17.0. The Balaban J connectivity index is 2.11. The fourth-order valence-corrected chi connectivity index (χ4v) is 3.69. The minimum atomic E-state index is -3.86. The van der Waals surface area contributed by atoms with Crippen LogP contribution in [0.3, 0.4) is 0 Å². The Morgan fingerprint density at radius 2 is 2.09 bits per heavy atom. The predicted molar refractivity (Wildman–Crippen MR) is 81.7 cm³/mol. The molecule has 5 nitrogen and oxygen atoms in total. The highest BCUT2D eigenvalue weighted by molar-refractivity contribution is 7.90. The predicted octanol–water partition coefficient (Wildman–Crippen LogP) is 2.97. The highest BCUT2D eigenvalue weighted by atomic mass is 32.2. The van der Waals surface area contributed by atoms with E-state index in [0.717, 1.165) is 6.07 Å². The average molecular weight is 344 g/mol. The lowest BCUT2D eigenvalue weighted by atomic mass is 10.2. The van der Waals surface area contributed by atoms with Gasteiger partial charge in [0, 0.05) is 11.6 Å². The zero-order valence-electron chi connectivity index (χ0n) is 12.5. The molecule has 0 aliphatic rings. The Labute approximate surface area is 133 Å². The van der Waals surface area contributed by atoms with Gasteiger partial charge in [-0.15, -0.1) is 11.3 Å². The molecule has 0 bridgehead atoms. The molecule has 0 fully saturated rings. The summed E-state index contributed by atoms with van der Waals surface area (Å²) in [6.45, 7) is 6.09. The number of rotatable bonds is 5. The van der Waals surface area contributed by atoms with Crippen LogP contribution in [0.1, 0.15) is 31.5 Å². The summed E-state index contributed by atoms with van der Waals surface area (Å²) in [6, 6.07) is 2.42. The number of nitrogens with zero attached hydrogens (tertiary/aromatic N) is 2. The van der Waals surface area contributed by atoms with E-state index in [0.29, 0.717) is 17.3 Å². The van der Waals surface area contributed by atoms with Crippen molar-refractivity contribution in [3.63, 3.8) is 0 Å². The van der Waals surface area contributed by atoms with E-state index in [4.69, 9.17) is 4.74 Å².